The number of thiophene rings is 1. The van der Waals surface area contributed by atoms with Crippen LogP contribution in [-0.4, -0.2) is 19.5 Å². The Hall–Kier alpha value is -8.77. The maximum atomic E-state index is 5.46. The zero-order valence-electron chi connectivity index (χ0n) is 36.8. The summed E-state index contributed by atoms with van der Waals surface area (Å²) in [6, 6.07) is 86.4. The Balaban J connectivity index is 1.08. The molecule has 0 aliphatic carbocycles. The summed E-state index contributed by atoms with van der Waals surface area (Å²) in [5.41, 5.74) is 15.1. The Morgan fingerprint density at radius 3 is 1.44 bits per heavy atom. The second kappa shape index (κ2) is 16.6. The predicted octanol–water partition coefficient (Wildman–Crippen LogP) is 17.0. The van der Waals surface area contributed by atoms with Crippen molar-refractivity contribution in [2.24, 2.45) is 0 Å². The van der Waals surface area contributed by atoms with Crippen LogP contribution in [-0.2, 0) is 0 Å². The van der Waals surface area contributed by atoms with Crippen molar-refractivity contribution in [1.82, 2.24) is 19.5 Å². The van der Waals surface area contributed by atoms with E-state index >= 15 is 0 Å². The highest BCUT2D eigenvalue weighted by atomic mass is 32.1. The van der Waals surface area contributed by atoms with E-state index in [1.807, 2.05) is 29.5 Å². The third-order valence-electron chi connectivity index (χ3n) is 13.1. The summed E-state index contributed by atoms with van der Waals surface area (Å²) in [6.07, 6.45) is 0. The maximum absolute atomic E-state index is 5.46. The van der Waals surface area contributed by atoms with Crippen LogP contribution in [0.3, 0.4) is 0 Å². The van der Waals surface area contributed by atoms with E-state index in [1.165, 1.54) is 58.8 Å². The number of hydrogen-bond donors (Lipinski definition) is 0. The fraction of sp³-hybridized carbons (Fsp3) is 0. The van der Waals surface area contributed by atoms with Crippen LogP contribution in [0.25, 0.3) is 126 Å². The molecule has 0 radical (unpaired) electrons. The monoisotopic (exact) mass is 884 g/mol. The topological polar surface area (TPSA) is 43.6 Å². The van der Waals surface area contributed by atoms with Gasteiger partial charge in [0.15, 0.2) is 17.5 Å². The van der Waals surface area contributed by atoms with Crippen LogP contribution in [0.2, 0.25) is 0 Å². The summed E-state index contributed by atoms with van der Waals surface area (Å²) >= 11 is 1.84. The molecule has 0 fully saturated rings. The smallest absolute Gasteiger partial charge is 0.166 e. The Bertz CT molecular complexity index is 3910. The van der Waals surface area contributed by atoms with Crippen molar-refractivity contribution in [3.05, 3.63) is 243 Å². The highest BCUT2D eigenvalue weighted by Crippen LogP contribution is 2.45. The Kier molecular flexibility index (Phi) is 9.66. The minimum absolute atomic E-state index is 0.592. The number of hydrogen-bond acceptors (Lipinski definition) is 4. The van der Waals surface area contributed by atoms with Crippen LogP contribution in [0.4, 0.5) is 0 Å². The van der Waals surface area contributed by atoms with Crippen LogP contribution in [0.1, 0.15) is 0 Å². The predicted molar refractivity (Wildman–Crippen MR) is 285 cm³/mol. The molecule has 0 bridgehead atoms. The van der Waals surface area contributed by atoms with Gasteiger partial charge in [0.2, 0.25) is 0 Å². The van der Waals surface area contributed by atoms with Crippen LogP contribution in [0.15, 0.2) is 243 Å². The maximum Gasteiger partial charge on any atom is 0.166 e. The fourth-order valence-corrected chi connectivity index (χ4v) is 11.2. The van der Waals surface area contributed by atoms with Crippen molar-refractivity contribution in [2.75, 3.05) is 0 Å². The van der Waals surface area contributed by atoms with Gasteiger partial charge in [-0.2, -0.15) is 0 Å². The van der Waals surface area contributed by atoms with Gasteiger partial charge in [-0.3, -0.25) is 0 Å². The van der Waals surface area contributed by atoms with Gasteiger partial charge >= 0.3 is 0 Å². The average Bonchev–Trinajstić information content (AvgIpc) is 3.98. The number of fused-ring (bicyclic) bond motifs is 6. The highest BCUT2D eigenvalue weighted by Gasteiger charge is 2.24. The number of rotatable bonds is 8. The minimum Gasteiger partial charge on any atom is -0.308 e. The van der Waals surface area contributed by atoms with Crippen LogP contribution >= 0.6 is 11.3 Å². The van der Waals surface area contributed by atoms with Gasteiger partial charge in [0.25, 0.3) is 0 Å². The summed E-state index contributed by atoms with van der Waals surface area (Å²) in [5, 5.41) is 4.93. The van der Waals surface area contributed by atoms with Gasteiger partial charge in [-0.05, 0) is 80.9 Å². The Labute approximate surface area is 397 Å². The van der Waals surface area contributed by atoms with Gasteiger partial charge < -0.3 is 4.57 Å². The van der Waals surface area contributed by atoms with Crippen molar-refractivity contribution in [2.45, 2.75) is 0 Å². The summed E-state index contributed by atoms with van der Waals surface area (Å²) in [7, 11) is 0. The van der Waals surface area contributed by atoms with E-state index in [0.717, 1.165) is 50.1 Å². The van der Waals surface area contributed by atoms with E-state index in [-0.39, 0.29) is 0 Å². The van der Waals surface area contributed by atoms with Crippen molar-refractivity contribution in [3.63, 3.8) is 0 Å². The second-order valence-corrected chi connectivity index (χ2v) is 18.2. The van der Waals surface area contributed by atoms with Crippen molar-refractivity contribution in [1.29, 1.82) is 0 Å². The first-order chi connectivity index (χ1) is 33.7. The highest BCUT2D eigenvalue weighted by molar-refractivity contribution is 7.26. The molecule has 0 saturated heterocycles. The third kappa shape index (κ3) is 6.79. The van der Waals surface area contributed by atoms with E-state index in [9.17, 15) is 0 Å². The van der Waals surface area contributed by atoms with E-state index in [0.29, 0.717) is 17.5 Å². The summed E-state index contributed by atoms with van der Waals surface area (Å²) < 4.78 is 4.99. The average molecular weight is 885 g/mol. The first-order valence-electron chi connectivity index (χ1n) is 22.9. The van der Waals surface area contributed by atoms with E-state index in [1.54, 1.807) is 0 Å². The van der Waals surface area contributed by atoms with Crippen molar-refractivity contribution < 1.29 is 0 Å². The van der Waals surface area contributed by atoms with Gasteiger partial charge in [-0.1, -0.05) is 206 Å². The molecular formula is C63H40N4S. The van der Waals surface area contributed by atoms with Crippen molar-refractivity contribution in [3.8, 4) is 84.4 Å². The summed E-state index contributed by atoms with van der Waals surface area (Å²) in [4.78, 5) is 16.1. The van der Waals surface area contributed by atoms with Crippen LogP contribution < -0.4 is 0 Å². The molecule has 3 heterocycles. The van der Waals surface area contributed by atoms with E-state index < -0.39 is 0 Å². The normalized spacial score (nSPS) is 11.5. The molecule has 4 nitrogen and oxygen atoms in total. The lowest BCUT2D eigenvalue weighted by Crippen LogP contribution is -2.04. The quantitative estimate of drug-likeness (QED) is 0.153. The molecule has 10 aromatic carbocycles. The molecule has 318 valence electrons. The van der Waals surface area contributed by atoms with Crippen LogP contribution in [0.5, 0.6) is 0 Å². The molecule has 0 amide bonds. The van der Waals surface area contributed by atoms with E-state index in [2.05, 4.69) is 229 Å². The minimum atomic E-state index is 0.592. The molecule has 0 spiro atoms. The SMILES string of the molecule is c1ccc(-c2ccc(-c3nc(-c4ccccc4)nc(-c4cccc(-c5cccc6c5sc5ccccc56)c4)n3)c(-n3c4cccc(-c5ccccc5)c4c4c(-c5ccccc5)cccc43)c2)cc1. The number of benzene rings is 10. The molecule has 68 heavy (non-hydrogen) atoms. The van der Waals surface area contributed by atoms with E-state index in [4.69, 9.17) is 15.0 Å². The van der Waals surface area contributed by atoms with Gasteiger partial charge in [0.1, 0.15) is 0 Å². The zero-order valence-corrected chi connectivity index (χ0v) is 37.6. The molecule has 0 saturated carbocycles. The molecule has 0 aliphatic heterocycles. The lowest BCUT2D eigenvalue weighted by Gasteiger charge is -2.17. The molecule has 0 N–H and O–H groups in total. The summed E-state index contributed by atoms with van der Waals surface area (Å²) in [6.45, 7) is 0. The molecule has 3 aromatic heterocycles. The van der Waals surface area contributed by atoms with Crippen LogP contribution in [0, 0.1) is 0 Å². The number of aromatic nitrogens is 4. The molecule has 0 unspecified atom stereocenters. The number of nitrogens with zero attached hydrogens (tertiary/aromatic N) is 4. The molecule has 0 aliphatic rings. The zero-order chi connectivity index (χ0) is 45.0. The Morgan fingerprint density at radius 1 is 0.294 bits per heavy atom. The van der Waals surface area contributed by atoms with Gasteiger partial charge in [0, 0.05) is 47.6 Å². The van der Waals surface area contributed by atoms with Crippen molar-refractivity contribution >= 4 is 53.3 Å². The standard InChI is InChI=1S/C63H40N4S/c1-5-19-41(20-6-1)45-37-38-53(56(40-45)67-54-34-17-30-48(42-21-7-2-8-22-42)58(54)59-49(31-18-35-55(59)67)43-23-9-3-10-24-43)63-65-61(44-25-11-4-12-26-44)64-62(66-63)47-28-15-27-46(39-47)50-32-16-33-52-51-29-13-14-36-57(51)68-60(50)52/h1-40H. The third-order valence-corrected chi connectivity index (χ3v) is 14.3. The largest absolute Gasteiger partial charge is 0.308 e. The molecule has 0 atom stereocenters. The summed E-state index contributed by atoms with van der Waals surface area (Å²) in [5.74, 6) is 1.81. The molecular weight excluding hydrogens is 845 g/mol. The van der Waals surface area contributed by atoms with Gasteiger partial charge in [-0.25, -0.2) is 15.0 Å². The van der Waals surface area contributed by atoms with Gasteiger partial charge in [0.05, 0.1) is 16.7 Å². The fourth-order valence-electron chi connectivity index (χ4n) is 9.94. The lowest BCUT2D eigenvalue weighted by atomic mass is 9.95. The first-order valence-corrected chi connectivity index (χ1v) is 23.7. The molecule has 5 heteroatoms. The Morgan fingerprint density at radius 2 is 0.779 bits per heavy atom. The molecule has 13 rings (SSSR count). The molecule has 13 aromatic rings. The van der Waals surface area contributed by atoms with Gasteiger partial charge in [-0.15, -0.1) is 11.3 Å². The lowest BCUT2D eigenvalue weighted by molar-refractivity contribution is 1.06. The first kappa shape index (κ1) is 39.6. The second-order valence-electron chi connectivity index (χ2n) is 17.1.